The van der Waals surface area contributed by atoms with Gasteiger partial charge in [-0.3, -0.25) is 4.79 Å². The van der Waals surface area contributed by atoms with Crippen molar-refractivity contribution >= 4 is 34.9 Å². The van der Waals surface area contributed by atoms with Gasteiger partial charge < -0.3 is 15.5 Å². The summed E-state index contributed by atoms with van der Waals surface area (Å²) >= 11 is 5.93. The zero-order chi connectivity index (χ0) is 23.4. The number of benzene rings is 3. The summed E-state index contributed by atoms with van der Waals surface area (Å²) in [7, 11) is 0. The third kappa shape index (κ3) is 5.74. The molecule has 1 heterocycles. The third-order valence-corrected chi connectivity index (χ3v) is 6.44. The van der Waals surface area contributed by atoms with E-state index in [0.29, 0.717) is 23.7 Å². The summed E-state index contributed by atoms with van der Waals surface area (Å²) < 4.78 is 0. The van der Waals surface area contributed by atoms with Crippen molar-refractivity contribution in [3.63, 3.8) is 0 Å². The second kappa shape index (κ2) is 10.1. The van der Waals surface area contributed by atoms with Crippen molar-refractivity contribution in [2.75, 3.05) is 23.7 Å². The second-order valence-corrected chi connectivity index (χ2v) is 9.04. The van der Waals surface area contributed by atoms with Crippen LogP contribution in [0.1, 0.15) is 45.8 Å². The van der Waals surface area contributed by atoms with Crippen LogP contribution >= 0.6 is 11.6 Å². The number of piperidine rings is 1. The van der Waals surface area contributed by atoms with E-state index >= 15 is 0 Å². The van der Waals surface area contributed by atoms with E-state index < -0.39 is 0 Å². The lowest BCUT2D eigenvalue weighted by atomic mass is 9.89. The molecule has 1 saturated heterocycles. The van der Waals surface area contributed by atoms with Gasteiger partial charge in [-0.05, 0) is 91.9 Å². The summed E-state index contributed by atoms with van der Waals surface area (Å²) in [5, 5.41) is 6.56. The lowest BCUT2D eigenvalue weighted by molar-refractivity contribution is 0.102. The minimum Gasteiger partial charge on any atom is -0.324 e. The minimum absolute atomic E-state index is 0.120. The number of hydrogen-bond acceptors (Lipinski definition) is 2. The number of urea groups is 1. The Morgan fingerprint density at radius 2 is 1.67 bits per heavy atom. The Balaban J connectivity index is 1.42. The van der Waals surface area contributed by atoms with E-state index in [-0.39, 0.29) is 17.9 Å². The van der Waals surface area contributed by atoms with Gasteiger partial charge in [-0.15, -0.1) is 0 Å². The molecule has 170 valence electrons. The maximum atomic E-state index is 12.8. The van der Waals surface area contributed by atoms with Crippen molar-refractivity contribution in [2.45, 2.75) is 32.6 Å². The molecule has 0 saturated carbocycles. The quantitative estimate of drug-likeness (QED) is 0.458. The Hall–Kier alpha value is -3.31. The summed E-state index contributed by atoms with van der Waals surface area (Å²) in [5.74, 6) is 0.0531. The molecule has 0 aromatic heterocycles. The number of amides is 3. The second-order valence-electron chi connectivity index (χ2n) is 8.60. The summed E-state index contributed by atoms with van der Waals surface area (Å²) in [6, 6.07) is 20.6. The largest absolute Gasteiger partial charge is 0.324 e. The first-order chi connectivity index (χ1) is 15.9. The smallest absolute Gasteiger partial charge is 0.321 e. The fourth-order valence-electron chi connectivity index (χ4n) is 4.13. The molecule has 3 aromatic carbocycles. The topological polar surface area (TPSA) is 61.4 Å². The van der Waals surface area contributed by atoms with Gasteiger partial charge in [-0.1, -0.05) is 29.8 Å². The molecule has 1 aliphatic rings. The van der Waals surface area contributed by atoms with Gasteiger partial charge in [0.05, 0.1) is 0 Å². The Bertz CT molecular complexity index is 1160. The van der Waals surface area contributed by atoms with Crippen LogP contribution in [0.25, 0.3) is 0 Å². The van der Waals surface area contributed by atoms with Crippen LogP contribution in [0.3, 0.4) is 0 Å². The zero-order valence-corrected chi connectivity index (χ0v) is 19.7. The Morgan fingerprint density at radius 3 is 2.42 bits per heavy atom. The molecule has 0 spiro atoms. The Morgan fingerprint density at radius 1 is 0.909 bits per heavy atom. The molecule has 0 radical (unpaired) electrons. The van der Waals surface area contributed by atoms with Crippen molar-refractivity contribution < 1.29 is 9.59 Å². The van der Waals surface area contributed by atoms with Crippen LogP contribution < -0.4 is 10.6 Å². The van der Waals surface area contributed by atoms with E-state index in [2.05, 4.69) is 10.6 Å². The first kappa shape index (κ1) is 22.9. The van der Waals surface area contributed by atoms with Crippen molar-refractivity contribution in [3.8, 4) is 0 Å². The first-order valence-corrected chi connectivity index (χ1v) is 11.6. The summed E-state index contributed by atoms with van der Waals surface area (Å²) in [6.45, 7) is 5.40. The molecule has 5 nitrogen and oxygen atoms in total. The minimum atomic E-state index is -0.131. The number of hydrogen-bond donors (Lipinski definition) is 2. The predicted molar refractivity (Wildman–Crippen MR) is 134 cm³/mol. The number of nitrogens with one attached hydrogen (secondary N) is 2. The fraction of sp³-hybridized carbons (Fsp3) is 0.259. The van der Waals surface area contributed by atoms with Gasteiger partial charge in [0.1, 0.15) is 0 Å². The number of carbonyl (C=O) groups excluding carboxylic acids is 2. The molecule has 3 amide bonds. The Labute approximate surface area is 199 Å². The lowest BCUT2D eigenvalue weighted by Crippen LogP contribution is -2.41. The summed E-state index contributed by atoms with van der Waals surface area (Å²) in [4.78, 5) is 27.5. The zero-order valence-electron chi connectivity index (χ0n) is 18.9. The van der Waals surface area contributed by atoms with Crippen LogP contribution in [0.5, 0.6) is 0 Å². The van der Waals surface area contributed by atoms with Gasteiger partial charge >= 0.3 is 6.03 Å². The van der Waals surface area contributed by atoms with E-state index in [0.717, 1.165) is 35.3 Å². The molecule has 1 atom stereocenters. The van der Waals surface area contributed by atoms with Gasteiger partial charge in [-0.25, -0.2) is 4.79 Å². The van der Waals surface area contributed by atoms with E-state index in [1.807, 2.05) is 61.2 Å². The highest BCUT2D eigenvalue weighted by Crippen LogP contribution is 2.28. The maximum absolute atomic E-state index is 12.8. The van der Waals surface area contributed by atoms with Gasteiger partial charge in [-0.2, -0.15) is 0 Å². The summed E-state index contributed by atoms with van der Waals surface area (Å²) in [5.41, 5.74) is 5.53. The van der Waals surface area contributed by atoms with Crippen LogP contribution in [0, 0.1) is 13.8 Å². The average molecular weight is 462 g/mol. The van der Waals surface area contributed by atoms with Gasteiger partial charge in [0.15, 0.2) is 0 Å². The molecular formula is C27H28ClN3O2. The molecule has 1 aliphatic heterocycles. The van der Waals surface area contributed by atoms with E-state index in [9.17, 15) is 9.59 Å². The molecule has 1 fully saturated rings. The molecule has 0 aliphatic carbocycles. The molecule has 4 rings (SSSR count). The predicted octanol–water partition coefficient (Wildman–Crippen LogP) is 6.62. The van der Waals surface area contributed by atoms with E-state index in [1.54, 1.807) is 24.3 Å². The number of likely N-dealkylation sites (tertiary alicyclic amines) is 1. The molecule has 0 unspecified atom stereocenters. The molecule has 6 heteroatoms. The van der Waals surface area contributed by atoms with Crippen molar-refractivity contribution in [1.82, 2.24) is 4.90 Å². The number of carbonyl (C=O) groups is 2. The Kier molecular flexibility index (Phi) is 6.99. The van der Waals surface area contributed by atoms with Gasteiger partial charge in [0.25, 0.3) is 5.91 Å². The number of nitrogens with zero attached hydrogens (tertiary/aromatic N) is 1. The first-order valence-electron chi connectivity index (χ1n) is 11.2. The maximum Gasteiger partial charge on any atom is 0.321 e. The third-order valence-electron chi connectivity index (χ3n) is 6.19. The van der Waals surface area contributed by atoms with Crippen LogP contribution in [-0.4, -0.2) is 29.9 Å². The highest BCUT2D eigenvalue weighted by atomic mass is 35.5. The number of aryl methyl sites for hydroxylation is 2. The van der Waals surface area contributed by atoms with Crippen molar-refractivity contribution in [3.05, 3.63) is 94.0 Å². The average Bonchev–Trinajstić information content (AvgIpc) is 2.83. The van der Waals surface area contributed by atoms with Crippen LogP contribution in [-0.2, 0) is 0 Å². The number of halogens is 1. The highest BCUT2D eigenvalue weighted by Gasteiger charge is 2.25. The van der Waals surface area contributed by atoms with Crippen molar-refractivity contribution in [2.24, 2.45) is 0 Å². The lowest BCUT2D eigenvalue weighted by Gasteiger charge is -2.33. The fourth-order valence-corrected chi connectivity index (χ4v) is 4.25. The monoisotopic (exact) mass is 461 g/mol. The van der Waals surface area contributed by atoms with E-state index in [1.165, 1.54) is 5.56 Å². The van der Waals surface area contributed by atoms with Crippen LogP contribution in [0.4, 0.5) is 16.2 Å². The summed E-state index contributed by atoms with van der Waals surface area (Å²) in [6.07, 6.45) is 1.89. The number of rotatable bonds is 4. The van der Waals surface area contributed by atoms with E-state index in [4.69, 9.17) is 11.6 Å². The molecular weight excluding hydrogens is 434 g/mol. The van der Waals surface area contributed by atoms with Crippen LogP contribution in [0.2, 0.25) is 5.02 Å². The molecule has 2 N–H and O–H groups in total. The van der Waals surface area contributed by atoms with Crippen LogP contribution in [0.15, 0.2) is 66.7 Å². The molecule has 3 aromatic rings. The normalized spacial score (nSPS) is 15.7. The van der Waals surface area contributed by atoms with Gasteiger partial charge in [0, 0.05) is 41.0 Å². The SMILES string of the molecule is Cc1ccc(NC(=O)c2cccc([C@H]3CCCN(C(=O)Nc4ccc(Cl)cc4)C3)c2)cc1C. The molecule has 33 heavy (non-hydrogen) atoms. The van der Waals surface area contributed by atoms with Crippen molar-refractivity contribution in [1.29, 1.82) is 0 Å². The standard InChI is InChI=1S/C27H28ClN3O2/c1-18-8-11-25(15-19(18)2)29-26(32)21-6-3-5-20(16-21)22-7-4-14-31(17-22)27(33)30-24-12-9-23(28)10-13-24/h3,5-6,8-13,15-16,22H,4,7,14,17H2,1-2H3,(H,29,32)(H,30,33)/t22-/m0/s1. The number of anilines is 2. The highest BCUT2D eigenvalue weighted by molar-refractivity contribution is 6.30. The van der Waals surface area contributed by atoms with Gasteiger partial charge in [0.2, 0.25) is 0 Å². The molecule has 0 bridgehead atoms.